The Kier molecular flexibility index (Phi) is 7.71. The van der Waals surface area contributed by atoms with Crippen molar-refractivity contribution < 1.29 is 23.8 Å². The molecule has 0 spiro atoms. The number of esters is 2. The molecule has 0 bridgehead atoms. The molecule has 0 N–H and O–H groups in total. The van der Waals surface area contributed by atoms with Crippen molar-refractivity contribution in [3.63, 3.8) is 0 Å². The van der Waals surface area contributed by atoms with Crippen molar-refractivity contribution in [1.29, 1.82) is 0 Å². The molecule has 0 heterocycles. The van der Waals surface area contributed by atoms with Crippen LogP contribution in [0.2, 0.25) is 0 Å². The van der Waals surface area contributed by atoms with Gasteiger partial charge >= 0.3 is 11.9 Å². The Morgan fingerprint density at radius 2 is 1.79 bits per heavy atom. The lowest BCUT2D eigenvalue weighted by atomic mass is 9.77. The van der Waals surface area contributed by atoms with Gasteiger partial charge in [-0.25, -0.2) is 0 Å². The lowest BCUT2D eigenvalue weighted by Crippen LogP contribution is -2.36. The first-order valence-corrected chi connectivity index (χ1v) is 8.99. The van der Waals surface area contributed by atoms with Gasteiger partial charge in [-0.05, 0) is 44.9 Å². The molecule has 0 saturated heterocycles. The van der Waals surface area contributed by atoms with Crippen LogP contribution in [0.25, 0.3) is 0 Å². The van der Waals surface area contributed by atoms with E-state index < -0.39 is 5.41 Å². The highest BCUT2D eigenvalue weighted by Gasteiger charge is 2.41. The fourth-order valence-corrected chi connectivity index (χ4v) is 3.23. The maximum Gasteiger partial charge on any atom is 0.311 e. The van der Waals surface area contributed by atoms with Crippen molar-refractivity contribution in [2.24, 2.45) is 16.7 Å². The Labute approximate surface area is 146 Å². The molecule has 2 unspecified atom stereocenters. The zero-order chi connectivity index (χ0) is 18.4. The zero-order valence-electron chi connectivity index (χ0n) is 16.1. The zero-order valence-corrected chi connectivity index (χ0v) is 16.1. The highest BCUT2D eigenvalue weighted by atomic mass is 16.6. The fourth-order valence-electron chi connectivity index (χ4n) is 3.23. The predicted molar refractivity (Wildman–Crippen MR) is 92.5 cm³/mol. The van der Waals surface area contributed by atoms with Gasteiger partial charge in [-0.3, -0.25) is 9.59 Å². The van der Waals surface area contributed by atoms with Crippen LogP contribution in [-0.2, 0) is 23.8 Å². The lowest BCUT2D eigenvalue weighted by Gasteiger charge is -2.34. The van der Waals surface area contributed by atoms with Gasteiger partial charge in [0, 0.05) is 13.0 Å². The van der Waals surface area contributed by atoms with E-state index in [1.54, 1.807) is 7.11 Å². The third kappa shape index (κ3) is 5.76. The minimum Gasteiger partial charge on any atom is -0.465 e. The molecule has 0 amide bonds. The van der Waals surface area contributed by atoms with Crippen LogP contribution in [0.5, 0.6) is 0 Å². The molecule has 0 aliphatic heterocycles. The molecule has 0 radical (unpaired) electrons. The van der Waals surface area contributed by atoms with E-state index in [2.05, 4.69) is 13.8 Å². The summed E-state index contributed by atoms with van der Waals surface area (Å²) in [5, 5.41) is 0. The molecular formula is C19H34O5. The van der Waals surface area contributed by atoms with Gasteiger partial charge in [-0.15, -0.1) is 0 Å². The largest absolute Gasteiger partial charge is 0.465 e. The second kappa shape index (κ2) is 8.84. The van der Waals surface area contributed by atoms with Crippen LogP contribution in [0, 0.1) is 16.7 Å². The Morgan fingerprint density at radius 3 is 2.38 bits per heavy atom. The van der Waals surface area contributed by atoms with E-state index >= 15 is 0 Å². The minimum atomic E-state index is -0.509. The van der Waals surface area contributed by atoms with Crippen LogP contribution in [-0.4, -0.2) is 38.4 Å². The van der Waals surface area contributed by atoms with Crippen molar-refractivity contribution in [3.05, 3.63) is 0 Å². The van der Waals surface area contributed by atoms with E-state index in [1.165, 1.54) is 0 Å². The van der Waals surface area contributed by atoms with Crippen LogP contribution in [0.15, 0.2) is 0 Å². The number of rotatable bonds is 9. The number of carbonyl (C=O) groups excluding carboxylic acids is 2. The van der Waals surface area contributed by atoms with Crippen molar-refractivity contribution in [3.8, 4) is 0 Å². The molecule has 0 aromatic heterocycles. The van der Waals surface area contributed by atoms with E-state index in [0.717, 1.165) is 19.3 Å². The summed E-state index contributed by atoms with van der Waals surface area (Å²) in [7, 11) is 1.70. The third-order valence-corrected chi connectivity index (χ3v) is 5.23. The Hall–Kier alpha value is -1.10. The van der Waals surface area contributed by atoms with Crippen molar-refractivity contribution in [2.75, 3.05) is 20.3 Å². The van der Waals surface area contributed by atoms with Crippen LogP contribution in [0.1, 0.15) is 66.7 Å². The van der Waals surface area contributed by atoms with Crippen LogP contribution >= 0.6 is 0 Å². The fraction of sp³-hybridized carbons (Fsp3) is 0.895. The van der Waals surface area contributed by atoms with Crippen LogP contribution in [0.4, 0.5) is 0 Å². The van der Waals surface area contributed by atoms with Gasteiger partial charge in [-0.1, -0.05) is 20.8 Å². The highest BCUT2D eigenvalue weighted by Crippen LogP contribution is 2.41. The van der Waals surface area contributed by atoms with Gasteiger partial charge < -0.3 is 14.2 Å². The molecule has 1 fully saturated rings. The second-order valence-corrected chi connectivity index (χ2v) is 8.11. The predicted octanol–water partition coefficient (Wildman–Crippen LogP) is 3.74. The van der Waals surface area contributed by atoms with Gasteiger partial charge in [0.15, 0.2) is 0 Å². The summed E-state index contributed by atoms with van der Waals surface area (Å²) >= 11 is 0. The standard InChI is InChI=1S/C19H34O5/c1-7-18(2,3)17(21)23-12-11-16(20)24-15-10-8-9-14(15)19(4,5)13-22-6/h14-15H,7-13H2,1-6H3. The Balaban J connectivity index is 2.43. The second-order valence-electron chi connectivity index (χ2n) is 8.11. The summed E-state index contributed by atoms with van der Waals surface area (Å²) in [5.74, 6) is -0.247. The topological polar surface area (TPSA) is 61.8 Å². The summed E-state index contributed by atoms with van der Waals surface area (Å²) in [6, 6.07) is 0. The maximum atomic E-state index is 12.1. The lowest BCUT2D eigenvalue weighted by molar-refractivity contribution is -0.159. The maximum absolute atomic E-state index is 12.1. The molecule has 5 nitrogen and oxygen atoms in total. The first kappa shape index (κ1) is 20.9. The average molecular weight is 342 g/mol. The molecule has 5 heteroatoms. The molecule has 1 aliphatic rings. The van der Waals surface area contributed by atoms with Gasteiger partial charge in [-0.2, -0.15) is 0 Å². The monoisotopic (exact) mass is 342 g/mol. The Morgan fingerprint density at radius 1 is 1.12 bits per heavy atom. The van der Waals surface area contributed by atoms with Gasteiger partial charge in [0.2, 0.25) is 0 Å². The smallest absolute Gasteiger partial charge is 0.311 e. The van der Waals surface area contributed by atoms with Gasteiger partial charge in [0.25, 0.3) is 0 Å². The van der Waals surface area contributed by atoms with E-state index in [1.807, 2.05) is 20.8 Å². The number of hydrogen-bond acceptors (Lipinski definition) is 5. The molecule has 0 aromatic carbocycles. The van der Waals surface area contributed by atoms with Crippen LogP contribution < -0.4 is 0 Å². The summed E-state index contributed by atoms with van der Waals surface area (Å²) < 4.78 is 16.2. The van der Waals surface area contributed by atoms with E-state index in [9.17, 15) is 9.59 Å². The van der Waals surface area contributed by atoms with Crippen LogP contribution in [0.3, 0.4) is 0 Å². The molecule has 140 valence electrons. The first-order chi connectivity index (χ1) is 11.1. The number of methoxy groups -OCH3 is 1. The number of hydrogen-bond donors (Lipinski definition) is 0. The summed E-state index contributed by atoms with van der Waals surface area (Å²) in [5.41, 5.74) is -0.529. The minimum absolute atomic E-state index is 0.0200. The normalized spacial score (nSPS) is 21.6. The van der Waals surface area contributed by atoms with E-state index in [-0.39, 0.29) is 36.5 Å². The highest BCUT2D eigenvalue weighted by molar-refractivity contribution is 5.76. The van der Waals surface area contributed by atoms with E-state index in [4.69, 9.17) is 14.2 Å². The molecular weight excluding hydrogens is 308 g/mol. The molecule has 0 aromatic rings. The first-order valence-electron chi connectivity index (χ1n) is 8.99. The number of ether oxygens (including phenoxy) is 3. The summed E-state index contributed by atoms with van der Waals surface area (Å²) in [6.45, 7) is 10.7. The van der Waals surface area contributed by atoms with E-state index in [0.29, 0.717) is 18.9 Å². The summed E-state index contributed by atoms with van der Waals surface area (Å²) in [4.78, 5) is 24.0. The SMILES string of the molecule is CCC(C)(C)C(=O)OCCC(=O)OC1CCCC1C(C)(C)COC. The van der Waals surface area contributed by atoms with Gasteiger partial charge in [0.1, 0.15) is 12.7 Å². The molecule has 1 saturated carbocycles. The van der Waals surface area contributed by atoms with Crippen molar-refractivity contribution >= 4 is 11.9 Å². The third-order valence-electron chi connectivity index (χ3n) is 5.23. The quantitative estimate of drug-likeness (QED) is 0.597. The molecule has 24 heavy (non-hydrogen) atoms. The molecule has 1 rings (SSSR count). The van der Waals surface area contributed by atoms with Crippen molar-refractivity contribution in [1.82, 2.24) is 0 Å². The molecule has 1 aliphatic carbocycles. The molecule has 2 atom stereocenters. The van der Waals surface area contributed by atoms with Crippen molar-refractivity contribution in [2.45, 2.75) is 72.8 Å². The Bertz CT molecular complexity index is 427. The van der Waals surface area contributed by atoms with Gasteiger partial charge in [0.05, 0.1) is 18.4 Å². The summed E-state index contributed by atoms with van der Waals surface area (Å²) in [6.07, 6.45) is 3.76. The average Bonchev–Trinajstić information content (AvgIpc) is 2.96. The number of carbonyl (C=O) groups is 2.